The van der Waals surface area contributed by atoms with E-state index >= 15 is 0 Å². The zero-order chi connectivity index (χ0) is 19.8. The van der Waals surface area contributed by atoms with Crippen molar-refractivity contribution in [1.82, 2.24) is 4.90 Å². The third-order valence-electron chi connectivity index (χ3n) is 3.62. The van der Waals surface area contributed by atoms with Gasteiger partial charge in [0.2, 0.25) is 5.91 Å². The van der Waals surface area contributed by atoms with Crippen LogP contribution in [0, 0.1) is 0 Å². The van der Waals surface area contributed by atoms with Crippen LogP contribution in [-0.4, -0.2) is 62.5 Å². The number of nitrogens with zero attached hydrogens (tertiary/aromatic N) is 1. The van der Waals surface area contributed by atoms with E-state index < -0.39 is 11.9 Å². The van der Waals surface area contributed by atoms with E-state index in [1.807, 2.05) is 0 Å². The van der Waals surface area contributed by atoms with Gasteiger partial charge in [0, 0.05) is 0 Å². The summed E-state index contributed by atoms with van der Waals surface area (Å²) in [5.74, 6) is -0.430. The maximum atomic E-state index is 12.4. The average Bonchev–Trinajstić information content (AvgIpc) is 3.00. The molecule has 1 heterocycles. The molecule has 1 saturated heterocycles. The van der Waals surface area contributed by atoms with Gasteiger partial charge in [0.05, 0.1) is 44.2 Å². The normalized spacial score (nSPS) is 15.0. The largest absolute Gasteiger partial charge is 0.496 e. The van der Waals surface area contributed by atoms with Gasteiger partial charge in [-0.1, -0.05) is 17.8 Å². The van der Waals surface area contributed by atoms with Crippen molar-refractivity contribution in [2.45, 2.75) is 6.92 Å². The molecule has 0 radical (unpaired) electrons. The molecule has 0 unspecified atom stereocenters. The Morgan fingerprint density at radius 2 is 1.85 bits per heavy atom. The maximum absolute atomic E-state index is 12.4. The highest BCUT2D eigenvalue weighted by molar-refractivity contribution is 8.04. The number of carbonyl (C=O) groups is 3. The standard InChI is InChI=1S/C18H21NO7S/c1-4-25-16(21)10-15-19(14(20)11-27-15)8-9-26-18(22)17-12(23-2)6-5-7-13(17)24-3/h5-7,10H,4,8-9,11H2,1-3H3/b15-10-. The summed E-state index contributed by atoms with van der Waals surface area (Å²) in [5.41, 5.74) is 0.173. The number of amides is 1. The van der Waals surface area contributed by atoms with Crippen LogP contribution >= 0.6 is 11.8 Å². The van der Waals surface area contributed by atoms with Crippen molar-refractivity contribution in [2.24, 2.45) is 0 Å². The van der Waals surface area contributed by atoms with Gasteiger partial charge in [-0.3, -0.25) is 4.79 Å². The predicted molar refractivity (Wildman–Crippen MR) is 98.7 cm³/mol. The summed E-state index contributed by atoms with van der Waals surface area (Å²) < 4.78 is 20.5. The highest BCUT2D eigenvalue weighted by atomic mass is 32.2. The molecule has 8 nitrogen and oxygen atoms in total. The fourth-order valence-electron chi connectivity index (χ4n) is 2.41. The van der Waals surface area contributed by atoms with E-state index in [1.54, 1.807) is 25.1 Å². The van der Waals surface area contributed by atoms with E-state index in [0.29, 0.717) is 16.5 Å². The number of benzene rings is 1. The Labute approximate surface area is 161 Å². The van der Waals surface area contributed by atoms with Crippen molar-refractivity contribution < 1.29 is 33.3 Å². The number of hydrogen-bond donors (Lipinski definition) is 0. The first-order valence-electron chi connectivity index (χ1n) is 8.21. The van der Waals surface area contributed by atoms with E-state index in [4.69, 9.17) is 18.9 Å². The van der Waals surface area contributed by atoms with Gasteiger partial charge < -0.3 is 23.8 Å². The molecule has 27 heavy (non-hydrogen) atoms. The summed E-state index contributed by atoms with van der Waals surface area (Å²) in [7, 11) is 2.89. The molecule has 2 rings (SSSR count). The Morgan fingerprint density at radius 1 is 1.19 bits per heavy atom. The second kappa shape index (κ2) is 9.86. The Bertz CT molecular complexity index is 725. The Hall–Kier alpha value is -2.68. The van der Waals surface area contributed by atoms with Gasteiger partial charge in [-0.2, -0.15) is 0 Å². The van der Waals surface area contributed by atoms with Crippen molar-refractivity contribution >= 4 is 29.6 Å². The Balaban J connectivity index is 2.02. The summed E-state index contributed by atoms with van der Waals surface area (Å²) in [6, 6.07) is 4.95. The molecule has 0 aromatic heterocycles. The third kappa shape index (κ3) is 5.16. The highest BCUT2D eigenvalue weighted by Crippen LogP contribution is 2.30. The number of thioether (sulfide) groups is 1. The Kier molecular flexibility index (Phi) is 7.54. The van der Waals surface area contributed by atoms with Gasteiger partial charge in [-0.05, 0) is 19.1 Å². The SMILES string of the molecule is CCOC(=O)/C=C1\SCC(=O)N1CCOC(=O)c1c(OC)cccc1OC. The quantitative estimate of drug-likeness (QED) is 0.486. The van der Waals surface area contributed by atoms with Crippen molar-refractivity contribution in [3.05, 3.63) is 34.9 Å². The van der Waals surface area contributed by atoms with E-state index in [1.165, 1.54) is 37.0 Å². The van der Waals surface area contributed by atoms with Gasteiger partial charge in [-0.25, -0.2) is 9.59 Å². The van der Waals surface area contributed by atoms with Gasteiger partial charge in [-0.15, -0.1) is 0 Å². The minimum atomic E-state index is -0.625. The van der Waals surface area contributed by atoms with Crippen molar-refractivity contribution in [3.8, 4) is 11.5 Å². The lowest BCUT2D eigenvalue weighted by atomic mass is 10.2. The van der Waals surface area contributed by atoms with Crippen molar-refractivity contribution in [2.75, 3.05) is 39.7 Å². The molecule has 146 valence electrons. The molecule has 1 aliphatic heterocycles. The van der Waals surface area contributed by atoms with Crippen LogP contribution in [0.25, 0.3) is 0 Å². The van der Waals surface area contributed by atoms with Crippen molar-refractivity contribution in [1.29, 1.82) is 0 Å². The smallest absolute Gasteiger partial charge is 0.345 e. The maximum Gasteiger partial charge on any atom is 0.345 e. The van der Waals surface area contributed by atoms with Crippen LogP contribution in [-0.2, 0) is 19.1 Å². The van der Waals surface area contributed by atoms with Crippen LogP contribution in [0.4, 0.5) is 0 Å². The zero-order valence-corrected chi connectivity index (χ0v) is 16.2. The molecule has 0 saturated carbocycles. The van der Waals surface area contributed by atoms with Gasteiger partial charge >= 0.3 is 11.9 Å². The molecule has 0 aliphatic carbocycles. The number of ether oxygens (including phenoxy) is 4. The second-order valence-corrected chi connectivity index (χ2v) is 6.24. The fraction of sp³-hybridized carbons (Fsp3) is 0.389. The minimum absolute atomic E-state index is 0.0491. The van der Waals surface area contributed by atoms with Crippen LogP contribution in [0.2, 0.25) is 0 Å². The molecule has 1 aliphatic rings. The summed E-state index contributed by atoms with van der Waals surface area (Å²) >= 11 is 1.24. The van der Waals surface area contributed by atoms with Crippen molar-refractivity contribution in [3.63, 3.8) is 0 Å². The Morgan fingerprint density at radius 3 is 2.44 bits per heavy atom. The molecule has 0 atom stereocenters. The monoisotopic (exact) mass is 395 g/mol. The first-order valence-corrected chi connectivity index (χ1v) is 9.20. The number of methoxy groups -OCH3 is 2. The predicted octanol–water partition coefficient (Wildman–Crippen LogP) is 1.84. The number of hydrogen-bond acceptors (Lipinski definition) is 8. The molecular weight excluding hydrogens is 374 g/mol. The lowest BCUT2D eigenvalue weighted by molar-refractivity contribution is -0.137. The number of carbonyl (C=O) groups excluding carboxylic acids is 3. The summed E-state index contributed by atoms with van der Waals surface area (Å²) in [4.78, 5) is 37.4. The molecule has 1 aromatic carbocycles. The summed E-state index contributed by atoms with van der Waals surface area (Å²) in [6.07, 6.45) is 1.27. The van der Waals surface area contributed by atoms with Gasteiger partial charge in [0.15, 0.2) is 0 Å². The van der Waals surface area contributed by atoms with Gasteiger partial charge in [0.25, 0.3) is 0 Å². The minimum Gasteiger partial charge on any atom is -0.496 e. The van der Waals surface area contributed by atoms with Crippen LogP contribution in [0.5, 0.6) is 11.5 Å². The first kappa shape index (κ1) is 20.6. The first-order chi connectivity index (χ1) is 13.0. The molecule has 1 fully saturated rings. The molecule has 1 aromatic rings. The van der Waals surface area contributed by atoms with Crippen LogP contribution in [0.15, 0.2) is 29.3 Å². The third-order valence-corrected chi connectivity index (χ3v) is 4.64. The van der Waals surface area contributed by atoms with Crippen LogP contribution in [0.3, 0.4) is 0 Å². The van der Waals surface area contributed by atoms with E-state index in [-0.39, 0.29) is 37.0 Å². The zero-order valence-electron chi connectivity index (χ0n) is 15.4. The van der Waals surface area contributed by atoms with Crippen LogP contribution < -0.4 is 9.47 Å². The molecule has 9 heteroatoms. The van der Waals surface area contributed by atoms with E-state index in [2.05, 4.69) is 0 Å². The fourth-order valence-corrected chi connectivity index (χ4v) is 3.36. The molecule has 0 bridgehead atoms. The second-order valence-electron chi connectivity index (χ2n) is 5.24. The molecule has 0 spiro atoms. The molecule has 0 N–H and O–H groups in total. The van der Waals surface area contributed by atoms with E-state index in [9.17, 15) is 14.4 Å². The molecular formula is C18H21NO7S. The van der Waals surface area contributed by atoms with E-state index in [0.717, 1.165) is 0 Å². The summed E-state index contributed by atoms with van der Waals surface area (Å²) in [5, 5.41) is 0.476. The van der Waals surface area contributed by atoms with Crippen LogP contribution in [0.1, 0.15) is 17.3 Å². The topological polar surface area (TPSA) is 91.4 Å². The number of rotatable bonds is 8. The highest BCUT2D eigenvalue weighted by Gasteiger charge is 2.28. The average molecular weight is 395 g/mol. The number of esters is 2. The lowest BCUT2D eigenvalue weighted by Gasteiger charge is -2.17. The summed E-state index contributed by atoms with van der Waals surface area (Å²) in [6.45, 7) is 2.03. The molecule has 1 amide bonds. The van der Waals surface area contributed by atoms with Gasteiger partial charge in [0.1, 0.15) is 23.7 Å². The lowest BCUT2D eigenvalue weighted by Crippen LogP contribution is -2.29.